The van der Waals surface area contributed by atoms with E-state index >= 15 is 0 Å². The number of aromatic amines is 1. The number of carbonyl (C=O) groups excluding carboxylic acids is 1. The third-order valence-electron chi connectivity index (χ3n) is 2.64. The van der Waals surface area contributed by atoms with Gasteiger partial charge in [0.15, 0.2) is 5.03 Å². The molecule has 0 saturated heterocycles. The second kappa shape index (κ2) is 6.01. The Morgan fingerprint density at radius 3 is 2.65 bits per heavy atom. The van der Waals surface area contributed by atoms with Crippen molar-refractivity contribution in [2.45, 2.75) is 11.9 Å². The van der Waals surface area contributed by atoms with Gasteiger partial charge in [0.2, 0.25) is 0 Å². The van der Waals surface area contributed by atoms with Crippen molar-refractivity contribution in [3.8, 4) is 0 Å². The molecule has 0 saturated carbocycles. The smallest absolute Gasteiger partial charge is 0.340 e. The minimum absolute atomic E-state index is 0.146. The minimum atomic E-state index is -4.08. The normalized spacial score (nSPS) is 13.2. The van der Waals surface area contributed by atoms with E-state index in [4.69, 9.17) is 5.11 Å². The number of rotatable bonds is 6. The van der Waals surface area contributed by atoms with E-state index < -0.39 is 38.5 Å². The first kappa shape index (κ1) is 16.1. The Morgan fingerprint density at radius 1 is 1.55 bits per heavy atom. The van der Waals surface area contributed by atoms with Crippen molar-refractivity contribution in [3.05, 3.63) is 11.8 Å². The summed E-state index contributed by atoms with van der Waals surface area (Å²) in [4.78, 5) is 22.2. The highest BCUT2D eigenvalue weighted by Gasteiger charge is 2.30. The van der Waals surface area contributed by atoms with Crippen molar-refractivity contribution >= 4 is 22.0 Å². The van der Waals surface area contributed by atoms with Crippen LogP contribution in [0.3, 0.4) is 0 Å². The molecule has 1 heterocycles. The first-order valence-corrected chi connectivity index (χ1v) is 6.96. The molecule has 10 heteroatoms. The lowest BCUT2D eigenvalue weighted by Crippen LogP contribution is -2.35. The van der Waals surface area contributed by atoms with Crippen LogP contribution in [-0.2, 0) is 19.6 Å². The average Bonchev–Trinajstić information content (AvgIpc) is 2.87. The van der Waals surface area contributed by atoms with Gasteiger partial charge >= 0.3 is 11.9 Å². The van der Waals surface area contributed by atoms with E-state index in [1.165, 1.54) is 21.1 Å². The van der Waals surface area contributed by atoms with E-state index in [0.29, 0.717) is 0 Å². The Kier molecular flexibility index (Phi) is 4.84. The molecule has 0 radical (unpaired) electrons. The molecule has 9 nitrogen and oxygen atoms in total. The summed E-state index contributed by atoms with van der Waals surface area (Å²) >= 11 is 0. The SMILES string of the molecule is COC(=O)C(C)CN(C)S(=O)(=O)c1[nH]ncc1C(=O)O. The zero-order valence-corrected chi connectivity index (χ0v) is 12.0. The standard InChI is InChI=1S/C10H15N3O6S/c1-6(10(16)19-3)5-13(2)20(17,18)8-7(9(14)15)4-11-12-8/h4,6H,5H2,1-3H3,(H,11,12)(H,14,15). The van der Waals surface area contributed by atoms with Gasteiger partial charge in [0.1, 0.15) is 5.56 Å². The summed E-state index contributed by atoms with van der Waals surface area (Å²) in [6, 6.07) is 0. The minimum Gasteiger partial charge on any atom is -0.478 e. The molecule has 0 aliphatic heterocycles. The van der Waals surface area contributed by atoms with Crippen LogP contribution >= 0.6 is 0 Å². The number of aromatic nitrogens is 2. The highest BCUT2D eigenvalue weighted by atomic mass is 32.2. The van der Waals surface area contributed by atoms with Crippen molar-refractivity contribution in [3.63, 3.8) is 0 Å². The number of carbonyl (C=O) groups is 2. The van der Waals surface area contributed by atoms with Crippen LogP contribution in [-0.4, -0.2) is 60.7 Å². The number of aromatic carboxylic acids is 1. The molecule has 0 aliphatic carbocycles. The van der Waals surface area contributed by atoms with Crippen LogP contribution in [0.1, 0.15) is 17.3 Å². The molecule has 0 aliphatic rings. The summed E-state index contributed by atoms with van der Waals surface area (Å²) < 4.78 is 29.8. The number of methoxy groups -OCH3 is 1. The molecule has 0 fully saturated rings. The zero-order chi connectivity index (χ0) is 15.5. The molecule has 2 N–H and O–H groups in total. The fraction of sp³-hybridized carbons (Fsp3) is 0.500. The Hall–Kier alpha value is -1.94. The number of carboxylic acid groups (broad SMARTS) is 1. The number of hydrogen-bond donors (Lipinski definition) is 2. The number of nitrogens with zero attached hydrogens (tertiary/aromatic N) is 2. The molecule has 112 valence electrons. The summed E-state index contributed by atoms with van der Waals surface area (Å²) in [7, 11) is -1.64. The maximum atomic E-state index is 12.2. The molecular formula is C10H15N3O6S. The topological polar surface area (TPSA) is 130 Å². The van der Waals surface area contributed by atoms with Gasteiger partial charge in [-0.15, -0.1) is 0 Å². The Balaban J connectivity index is 3.01. The Bertz CT molecular complexity index is 608. The van der Waals surface area contributed by atoms with E-state index in [1.807, 2.05) is 0 Å². The summed E-state index contributed by atoms with van der Waals surface area (Å²) in [5.41, 5.74) is -0.456. The van der Waals surface area contributed by atoms with Crippen LogP contribution in [0.5, 0.6) is 0 Å². The molecule has 1 unspecified atom stereocenters. The van der Waals surface area contributed by atoms with Crippen LogP contribution in [0.4, 0.5) is 0 Å². The number of nitrogens with one attached hydrogen (secondary N) is 1. The van der Waals surface area contributed by atoms with Crippen molar-refractivity contribution in [2.75, 3.05) is 20.7 Å². The highest BCUT2D eigenvalue weighted by Crippen LogP contribution is 2.17. The van der Waals surface area contributed by atoms with Crippen molar-refractivity contribution in [2.24, 2.45) is 5.92 Å². The fourth-order valence-electron chi connectivity index (χ4n) is 1.54. The maximum Gasteiger partial charge on any atom is 0.340 e. The molecular weight excluding hydrogens is 290 g/mol. The number of ether oxygens (including phenoxy) is 1. The van der Waals surface area contributed by atoms with Gasteiger partial charge < -0.3 is 9.84 Å². The van der Waals surface area contributed by atoms with E-state index in [1.54, 1.807) is 0 Å². The first-order chi connectivity index (χ1) is 9.21. The predicted octanol–water partition coefficient (Wildman–Crippen LogP) is -0.462. The molecule has 0 spiro atoms. The van der Waals surface area contributed by atoms with E-state index in [0.717, 1.165) is 10.5 Å². The first-order valence-electron chi connectivity index (χ1n) is 5.52. The van der Waals surface area contributed by atoms with E-state index in [9.17, 15) is 18.0 Å². The number of H-pyrrole nitrogens is 1. The average molecular weight is 305 g/mol. The van der Waals surface area contributed by atoms with Crippen molar-refractivity contribution < 1.29 is 27.9 Å². The summed E-state index contributed by atoms with van der Waals surface area (Å²) in [6.45, 7) is 1.36. The van der Waals surface area contributed by atoms with Gasteiger partial charge in [-0.2, -0.15) is 9.40 Å². The zero-order valence-electron chi connectivity index (χ0n) is 11.2. The van der Waals surface area contributed by atoms with Gasteiger partial charge in [-0.25, -0.2) is 13.2 Å². The lowest BCUT2D eigenvalue weighted by Gasteiger charge is -2.19. The van der Waals surface area contributed by atoms with Gasteiger partial charge in [-0.05, 0) is 0 Å². The van der Waals surface area contributed by atoms with E-state index in [2.05, 4.69) is 14.9 Å². The molecule has 0 amide bonds. The largest absolute Gasteiger partial charge is 0.478 e. The van der Waals surface area contributed by atoms with Gasteiger partial charge in [-0.3, -0.25) is 9.89 Å². The molecule has 1 aromatic heterocycles. The second-order valence-electron chi connectivity index (χ2n) is 4.13. The van der Waals surface area contributed by atoms with Crippen LogP contribution in [0.15, 0.2) is 11.2 Å². The maximum absolute atomic E-state index is 12.2. The van der Waals surface area contributed by atoms with Crippen LogP contribution in [0, 0.1) is 5.92 Å². The molecule has 20 heavy (non-hydrogen) atoms. The summed E-state index contributed by atoms with van der Waals surface area (Å²) in [5, 5.41) is 13.9. The van der Waals surface area contributed by atoms with Crippen LogP contribution in [0.2, 0.25) is 0 Å². The lowest BCUT2D eigenvalue weighted by atomic mass is 10.2. The van der Waals surface area contributed by atoms with Gasteiger partial charge in [0, 0.05) is 13.6 Å². The summed E-state index contributed by atoms with van der Waals surface area (Å²) in [6.07, 6.45) is 0.910. The summed E-state index contributed by atoms with van der Waals surface area (Å²) in [5.74, 6) is -2.65. The number of sulfonamides is 1. The lowest BCUT2D eigenvalue weighted by molar-refractivity contribution is -0.144. The highest BCUT2D eigenvalue weighted by molar-refractivity contribution is 7.89. The third-order valence-corrected chi connectivity index (χ3v) is 4.43. The van der Waals surface area contributed by atoms with Crippen molar-refractivity contribution in [1.82, 2.24) is 14.5 Å². The van der Waals surface area contributed by atoms with Crippen LogP contribution in [0.25, 0.3) is 0 Å². The predicted molar refractivity (Wildman–Crippen MR) is 66.5 cm³/mol. The number of esters is 1. The second-order valence-corrected chi connectivity index (χ2v) is 6.11. The molecule has 0 aromatic carbocycles. The Morgan fingerprint density at radius 2 is 2.15 bits per heavy atom. The molecule has 1 aromatic rings. The molecule has 0 bridgehead atoms. The van der Waals surface area contributed by atoms with Crippen molar-refractivity contribution in [1.29, 1.82) is 0 Å². The molecule has 1 atom stereocenters. The van der Waals surface area contributed by atoms with E-state index in [-0.39, 0.29) is 6.54 Å². The number of carboxylic acids is 1. The van der Waals surface area contributed by atoms with Crippen LogP contribution < -0.4 is 0 Å². The van der Waals surface area contributed by atoms with Gasteiger partial charge in [0.05, 0.1) is 19.2 Å². The quantitative estimate of drug-likeness (QED) is 0.680. The third kappa shape index (κ3) is 3.14. The van der Waals surface area contributed by atoms with Gasteiger partial charge in [0.25, 0.3) is 10.0 Å². The number of hydrogen-bond acceptors (Lipinski definition) is 6. The fourth-order valence-corrected chi connectivity index (χ4v) is 2.86. The Labute approximate surface area is 115 Å². The molecule has 1 rings (SSSR count). The van der Waals surface area contributed by atoms with Gasteiger partial charge in [-0.1, -0.05) is 6.92 Å². The monoisotopic (exact) mass is 305 g/mol.